The molecule has 28 heavy (non-hydrogen) atoms. The van der Waals surface area contributed by atoms with E-state index in [9.17, 15) is 19.5 Å². The van der Waals surface area contributed by atoms with Gasteiger partial charge in [0.2, 0.25) is 5.78 Å². The maximum absolute atomic E-state index is 13.0. The van der Waals surface area contributed by atoms with E-state index in [1.165, 1.54) is 29.8 Å². The summed E-state index contributed by atoms with van der Waals surface area (Å²) in [5, 5.41) is 11.1. The van der Waals surface area contributed by atoms with Gasteiger partial charge >= 0.3 is 11.9 Å². The summed E-state index contributed by atoms with van der Waals surface area (Å²) in [6, 6.07) is 4.28. The maximum Gasteiger partial charge on any atom is 0.343 e. The summed E-state index contributed by atoms with van der Waals surface area (Å²) >= 11 is 12.0. The van der Waals surface area contributed by atoms with E-state index < -0.39 is 23.5 Å². The molecule has 1 aromatic carbocycles. The van der Waals surface area contributed by atoms with E-state index in [-0.39, 0.29) is 47.2 Å². The molecule has 0 unspecified atom stereocenters. The fourth-order valence-electron chi connectivity index (χ4n) is 2.75. The van der Waals surface area contributed by atoms with E-state index in [0.717, 1.165) is 0 Å². The highest BCUT2D eigenvalue weighted by atomic mass is 35.5. The van der Waals surface area contributed by atoms with Gasteiger partial charge in [-0.05, 0) is 32.0 Å². The summed E-state index contributed by atoms with van der Waals surface area (Å²) in [6.45, 7) is 3.45. The van der Waals surface area contributed by atoms with Crippen molar-refractivity contribution in [2.75, 3.05) is 13.2 Å². The number of aromatic hydroxyl groups is 1. The molecule has 9 heteroatoms. The fourth-order valence-corrected chi connectivity index (χ4v) is 3.25. The first kappa shape index (κ1) is 21.8. The first-order chi connectivity index (χ1) is 13.2. The number of aromatic nitrogens is 1. The minimum absolute atomic E-state index is 0.0539. The zero-order valence-electron chi connectivity index (χ0n) is 15.5. The summed E-state index contributed by atoms with van der Waals surface area (Å²) in [5.41, 5.74) is -0.277. The van der Waals surface area contributed by atoms with Gasteiger partial charge in [0.15, 0.2) is 5.75 Å². The van der Waals surface area contributed by atoms with Gasteiger partial charge < -0.3 is 19.1 Å². The van der Waals surface area contributed by atoms with Gasteiger partial charge in [-0.25, -0.2) is 4.79 Å². The first-order valence-electron chi connectivity index (χ1n) is 8.45. The molecule has 150 valence electrons. The van der Waals surface area contributed by atoms with Crippen LogP contribution in [0.25, 0.3) is 0 Å². The second-order valence-corrected chi connectivity index (χ2v) is 6.58. The Morgan fingerprint density at radius 3 is 2.32 bits per heavy atom. The number of rotatable bonds is 7. The minimum Gasteiger partial charge on any atom is -0.505 e. The van der Waals surface area contributed by atoms with Gasteiger partial charge in [-0.15, -0.1) is 0 Å². The highest BCUT2D eigenvalue weighted by Crippen LogP contribution is 2.34. The van der Waals surface area contributed by atoms with Gasteiger partial charge in [0.05, 0.1) is 24.7 Å². The van der Waals surface area contributed by atoms with Gasteiger partial charge in [-0.3, -0.25) is 9.59 Å². The molecular formula is C19H19Cl2NO6. The Labute approximate surface area is 171 Å². The lowest BCUT2D eigenvalue weighted by atomic mass is 10.1. The minimum atomic E-state index is -0.851. The molecule has 0 aliphatic carbocycles. The number of ether oxygens (including phenoxy) is 2. The number of nitrogens with zero attached hydrogens (tertiary/aromatic N) is 1. The molecule has 0 saturated carbocycles. The Balaban J connectivity index is 2.62. The molecule has 0 atom stereocenters. The van der Waals surface area contributed by atoms with Crippen LogP contribution in [0.1, 0.15) is 46.0 Å². The smallest absolute Gasteiger partial charge is 0.343 e. The molecule has 7 nitrogen and oxygen atoms in total. The standard InChI is InChI=1S/C19H19Cl2NO6/c1-4-27-14(23)9-13-15(19(26)28-5-2)18(25)16(22(13)3)17(24)11-7-6-10(20)8-12(11)21/h6-8,25H,4-5,9H2,1-3H3. The molecule has 1 N–H and O–H groups in total. The largest absolute Gasteiger partial charge is 0.505 e. The second kappa shape index (κ2) is 9.12. The highest BCUT2D eigenvalue weighted by molar-refractivity contribution is 6.37. The van der Waals surface area contributed by atoms with Crippen molar-refractivity contribution < 1.29 is 29.0 Å². The molecule has 0 aliphatic rings. The maximum atomic E-state index is 13.0. The van der Waals surface area contributed by atoms with E-state index in [1.54, 1.807) is 13.8 Å². The number of halogens is 2. The summed E-state index contributed by atoms with van der Waals surface area (Å²) < 4.78 is 11.1. The number of carbonyl (C=O) groups is 3. The van der Waals surface area contributed by atoms with Crippen LogP contribution in [0.5, 0.6) is 5.75 Å². The summed E-state index contributed by atoms with van der Waals surface area (Å²) in [6.07, 6.45) is -0.326. The average Bonchev–Trinajstić information content (AvgIpc) is 2.85. The van der Waals surface area contributed by atoms with Gasteiger partial charge in [0.25, 0.3) is 0 Å². The van der Waals surface area contributed by atoms with Crippen molar-refractivity contribution in [3.63, 3.8) is 0 Å². The number of esters is 2. The first-order valence-corrected chi connectivity index (χ1v) is 9.21. The topological polar surface area (TPSA) is 94.8 Å². The third-order valence-electron chi connectivity index (χ3n) is 3.98. The Morgan fingerprint density at radius 1 is 1.11 bits per heavy atom. The fraction of sp³-hybridized carbons (Fsp3) is 0.316. The van der Waals surface area contributed by atoms with Crippen molar-refractivity contribution in [3.05, 3.63) is 50.8 Å². The molecule has 2 aromatic rings. The van der Waals surface area contributed by atoms with E-state index >= 15 is 0 Å². The lowest BCUT2D eigenvalue weighted by Gasteiger charge is -2.09. The number of hydrogen-bond acceptors (Lipinski definition) is 6. The van der Waals surface area contributed by atoms with E-state index in [4.69, 9.17) is 32.7 Å². The van der Waals surface area contributed by atoms with Crippen molar-refractivity contribution in [1.82, 2.24) is 4.57 Å². The Hall–Kier alpha value is -2.51. The van der Waals surface area contributed by atoms with Gasteiger partial charge in [0, 0.05) is 23.3 Å². The van der Waals surface area contributed by atoms with Gasteiger partial charge in [-0.2, -0.15) is 0 Å². The van der Waals surface area contributed by atoms with Crippen molar-refractivity contribution in [2.24, 2.45) is 7.05 Å². The number of carbonyl (C=O) groups excluding carboxylic acids is 3. The quantitative estimate of drug-likeness (QED) is 0.536. The van der Waals surface area contributed by atoms with E-state index in [1.807, 2.05) is 0 Å². The summed E-state index contributed by atoms with van der Waals surface area (Å²) in [7, 11) is 1.45. The zero-order chi connectivity index (χ0) is 21.0. The molecule has 0 saturated heterocycles. The van der Waals surface area contributed by atoms with Crippen molar-refractivity contribution in [2.45, 2.75) is 20.3 Å². The summed E-state index contributed by atoms with van der Waals surface area (Å²) in [4.78, 5) is 37.3. The van der Waals surface area contributed by atoms with Crippen molar-refractivity contribution in [3.8, 4) is 5.75 Å². The van der Waals surface area contributed by atoms with Crippen LogP contribution in [0.4, 0.5) is 0 Å². The third kappa shape index (κ3) is 4.31. The molecule has 0 bridgehead atoms. The van der Waals surface area contributed by atoms with Crippen LogP contribution in [0.15, 0.2) is 18.2 Å². The van der Waals surface area contributed by atoms with Crippen LogP contribution in [0.3, 0.4) is 0 Å². The number of hydrogen-bond donors (Lipinski definition) is 1. The number of benzene rings is 1. The van der Waals surface area contributed by atoms with Crippen LogP contribution in [0, 0.1) is 0 Å². The predicted molar refractivity (Wildman–Crippen MR) is 103 cm³/mol. The van der Waals surface area contributed by atoms with Crippen LogP contribution in [0.2, 0.25) is 10.0 Å². The third-order valence-corrected chi connectivity index (χ3v) is 4.53. The zero-order valence-corrected chi connectivity index (χ0v) is 17.1. The van der Waals surface area contributed by atoms with Crippen LogP contribution in [-0.2, 0) is 27.7 Å². The van der Waals surface area contributed by atoms with Gasteiger partial charge in [0.1, 0.15) is 11.3 Å². The molecule has 0 amide bonds. The van der Waals surface area contributed by atoms with Crippen LogP contribution < -0.4 is 0 Å². The lowest BCUT2D eigenvalue weighted by Crippen LogP contribution is -2.16. The van der Waals surface area contributed by atoms with E-state index in [0.29, 0.717) is 5.02 Å². The molecule has 0 radical (unpaired) electrons. The van der Waals surface area contributed by atoms with Crippen LogP contribution in [-0.4, -0.2) is 40.6 Å². The normalized spacial score (nSPS) is 10.6. The number of ketones is 1. The highest BCUT2D eigenvalue weighted by Gasteiger charge is 2.32. The molecule has 0 spiro atoms. The monoisotopic (exact) mass is 427 g/mol. The molecule has 2 rings (SSSR count). The molecule has 0 fully saturated rings. The Bertz CT molecular complexity index is 935. The molecule has 1 heterocycles. The lowest BCUT2D eigenvalue weighted by molar-refractivity contribution is -0.142. The summed E-state index contributed by atoms with van der Waals surface area (Å²) in [5.74, 6) is -2.69. The Kier molecular flexibility index (Phi) is 7.10. The molecule has 0 aliphatic heterocycles. The second-order valence-electron chi connectivity index (χ2n) is 5.73. The van der Waals surface area contributed by atoms with E-state index in [2.05, 4.69) is 0 Å². The predicted octanol–water partition coefficient (Wildman–Crippen LogP) is 3.55. The Morgan fingerprint density at radius 2 is 1.75 bits per heavy atom. The van der Waals surface area contributed by atoms with Crippen molar-refractivity contribution in [1.29, 1.82) is 0 Å². The molecular weight excluding hydrogens is 409 g/mol. The average molecular weight is 428 g/mol. The molecule has 1 aromatic heterocycles. The van der Waals surface area contributed by atoms with Crippen molar-refractivity contribution >= 4 is 40.9 Å². The van der Waals surface area contributed by atoms with Crippen LogP contribution >= 0.6 is 23.2 Å². The van der Waals surface area contributed by atoms with Gasteiger partial charge in [-0.1, -0.05) is 23.2 Å². The SMILES string of the molecule is CCOC(=O)Cc1c(C(=O)OCC)c(O)c(C(=O)c2ccc(Cl)cc2Cl)n1C.